The molecule has 1 saturated heterocycles. The van der Waals surface area contributed by atoms with Gasteiger partial charge in [-0.3, -0.25) is 10.1 Å². The highest BCUT2D eigenvalue weighted by atomic mass is 35.5. The summed E-state index contributed by atoms with van der Waals surface area (Å²) < 4.78 is 1.52. The van der Waals surface area contributed by atoms with Crippen LogP contribution in [-0.2, 0) is 0 Å². The Bertz CT molecular complexity index is 1430. The van der Waals surface area contributed by atoms with Gasteiger partial charge in [-0.1, -0.05) is 23.2 Å². The van der Waals surface area contributed by atoms with Gasteiger partial charge in [0.15, 0.2) is 11.6 Å². The number of fused-ring (bicyclic) bond motifs is 1. The molecule has 5 rings (SSSR count). The first-order valence-corrected chi connectivity index (χ1v) is 11.1. The number of nitrogens with zero attached hydrogens (tertiary/aromatic N) is 8. The molecule has 14 heteroatoms. The van der Waals surface area contributed by atoms with Crippen molar-refractivity contribution in [1.82, 2.24) is 29.8 Å². The monoisotopic (exact) mass is 500 g/mol. The minimum Gasteiger partial charge on any atom is -0.384 e. The van der Waals surface area contributed by atoms with Gasteiger partial charge in [0.05, 0.1) is 9.95 Å². The van der Waals surface area contributed by atoms with Gasteiger partial charge < -0.3 is 16.4 Å². The van der Waals surface area contributed by atoms with Gasteiger partial charge >= 0.3 is 5.69 Å². The van der Waals surface area contributed by atoms with Gasteiger partial charge in [-0.2, -0.15) is 4.52 Å². The maximum absolute atomic E-state index is 11.7. The molecule has 1 atom stereocenters. The van der Waals surface area contributed by atoms with E-state index in [4.69, 9.17) is 39.7 Å². The van der Waals surface area contributed by atoms with E-state index in [-0.39, 0.29) is 23.2 Å². The molecule has 1 aromatic carbocycles. The largest absolute Gasteiger partial charge is 0.384 e. The molecule has 0 radical (unpaired) electrons. The Balaban J connectivity index is 1.57. The second kappa shape index (κ2) is 8.54. The topological polar surface area (TPSA) is 167 Å². The first-order valence-electron chi connectivity index (χ1n) is 10.3. The molecule has 0 spiro atoms. The number of benzene rings is 1. The number of aromatic nitrogens is 6. The van der Waals surface area contributed by atoms with E-state index in [9.17, 15) is 10.1 Å². The number of anilines is 3. The van der Waals surface area contributed by atoms with Gasteiger partial charge in [0, 0.05) is 35.2 Å². The van der Waals surface area contributed by atoms with Crippen molar-refractivity contribution in [3.63, 3.8) is 0 Å². The summed E-state index contributed by atoms with van der Waals surface area (Å²) in [5, 5.41) is 25.2. The number of halogens is 2. The fourth-order valence-electron chi connectivity index (χ4n) is 4.26. The van der Waals surface area contributed by atoms with Gasteiger partial charge in [0.1, 0.15) is 12.1 Å². The van der Waals surface area contributed by atoms with E-state index in [1.54, 1.807) is 18.2 Å². The maximum Gasteiger partial charge on any atom is 0.314 e. The van der Waals surface area contributed by atoms with Crippen LogP contribution in [0.4, 0.5) is 23.1 Å². The van der Waals surface area contributed by atoms with E-state index in [1.807, 2.05) is 4.90 Å². The molecule has 1 fully saturated rings. The van der Waals surface area contributed by atoms with Gasteiger partial charge in [-0.15, -0.1) is 15.3 Å². The first-order chi connectivity index (χ1) is 16.3. The minimum absolute atomic E-state index is 0.136. The highest BCUT2D eigenvalue weighted by Gasteiger charge is 2.32. The lowest BCUT2D eigenvalue weighted by atomic mass is 9.89. The predicted molar refractivity (Wildman–Crippen MR) is 128 cm³/mol. The summed E-state index contributed by atoms with van der Waals surface area (Å²) >= 11 is 12.4. The quantitative estimate of drug-likeness (QED) is 0.313. The Labute approximate surface area is 202 Å². The third-order valence-electron chi connectivity index (χ3n) is 5.73. The highest BCUT2D eigenvalue weighted by Crippen LogP contribution is 2.38. The first kappa shape index (κ1) is 22.0. The van der Waals surface area contributed by atoms with Crippen LogP contribution >= 0.6 is 23.2 Å². The summed E-state index contributed by atoms with van der Waals surface area (Å²) in [4.78, 5) is 21.8. The summed E-state index contributed by atoms with van der Waals surface area (Å²) in [7, 11) is 0. The molecule has 0 bridgehead atoms. The van der Waals surface area contributed by atoms with Gasteiger partial charge in [0.25, 0.3) is 0 Å². The Morgan fingerprint density at radius 3 is 2.76 bits per heavy atom. The lowest BCUT2D eigenvalue weighted by molar-refractivity contribution is -0.385. The molecular weight excluding hydrogens is 483 g/mol. The number of nitrogen functional groups attached to an aromatic ring is 2. The average Bonchev–Trinajstić information content (AvgIpc) is 3.26. The van der Waals surface area contributed by atoms with Gasteiger partial charge in [-0.05, 0) is 37.1 Å². The third-order valence-corrected chi connectivity index (χ3v) is 6.28. The molecule has 4 aromatic rings. The van der Waals surface area contributed by atoms with Crippen LogP contribution in [0.5, 0.6) is 0 Å². The molecule has 4 heterocycles. The Hall–Kier alpha value is -3.77. The molecule has 4 N–H and O–H groups in total. The number of nitrogens with two attached hydrogens (primary N) is 2. The molecule has 0 aliphatic carbocycles. The number of nitro groups is 1. The number of hydrogen-bond donors (Lipinski definition) is 2. The zero-order chi connectivity index (χ0) is 24.0. The third kappa shape index (κ3) is 3.90. The second-order valence-electron chi connectivity index (χ2n) is 7.89. The van der Waals surface area contributed by atoms with Crippen LogP contribution in [0.3, 0.4) is 0 Å². The van der Waals surface area contributed by atoms with Crippen molar-refractivity contribution in [3.8, 4) is 11.4 Å². The van der Waals surface area contributed by atoms with E-state index >= 15 is 0 Å². The number of hydrogen-bond acceptors (Lipinski definition) is 10. The van der Waals surface area contributed by atoms with Crippen molar-refractivity contribution in [2.45, 2.75) is 18.8 Å². The predicted octanol–water partition coefficient (Wildman–Crippen LogP) is 3.34. The molecular formula is C20H18Cl2N10O2. The van der Waals surface area contributed by atoms with Crippen LogP contribution in [0.2, 0.25) is 10.0 Å². The molecule has 174 valence electrons. The van der Waals surface area contributed by atoms with Crippen molar-refractivity contribution in [3.05, 3.63) is 56.3 Å². The van der Waals surface area contributed by atoms with Gasteiger partial charge in [-0.25, -0.2) is 9.97 Å². The summed E-state index contributed by atoms with van der Waals surface area (Å²) in [6.07, 6.45) is 2.94. The van der Waals surface area contributed by atoms with E-state index in [0.717, 1.165) is 6.42 Å². The fraction of sp³-hybridized carbons (Fsp3) is 0.250. The Morgan fingerprint density at radius 2 is 2.00 bits per heavy atom. The number of pyridine rings is 1. The van der Waals surface area contributed by atoms with Crippen LogP contribution in [-0.4, -0.2) is 47.8 Å². The van der Waals surface area contributed by atoms with E-state index in [2.05, 4.69) is 20.3 Å². The zero-order valence-electron chi connectivity index (χ0n) is 17.6. The van der Waals surface area contributed by atoms with E-state index in [0.29, 0.717) is 58.0 Å². The molecule has 34 heavy (non-hydrogen) atoms. The summed E-state index contributed by atoms with van der Waals surface area (Å²) in [5.41, 5.74) is 13.0. The van der Waals surface area contributed by atoms with Crippen molar-refractivity contribution < 1.29 is 4.92 Å². The van der Waals surface area contributed by atoms with Crippen molar-refractivity contribution in [2.24, 2.45) is 0 Å². The number of piperidine rings is 1. The van der Waals surface area contributed by atoms with Crippen LogP contribution in [0.1, 0.15) is 24.3 Å². The molecule has 0 amide bonds. The minimum atomic E-state index is -0.516. The summed E-state index contributed by atoms with van der Waals surface area (Å²) in [6, 6.07) is 6.58. The molecule has 1 unspecified atom stereocenters. The number of rotatable bonds is 4. The smallest absolute Gasteiger partial charge is 0.314 e. The lowest BCUT2D eigenvalue weighted by Gasteiger charge is -2.33. The van der Waals surface area contributed by atoms with E-state index in [1.165, 1.54) is 16.9 Å². The molecule has 3 aromatic heterocycles. The Kier molecular flexibility index (Phi) is 5.54. The summed E-state index contributed by atoms with van der Waals surface area (Å²) in [6.45, 7) is 1.09. The fourth-order valence-corrected chi connectivity index (χ4v) is 4.75. The van der Waals surface area contributed by atoms with Crippen LogP contribution in [0.15, 0.2) is 30.6 Å². The van der Waals surface area contributed by atoms with Crippen molar-refractivity contribution in [1.29, 1.82) is 0 Å². The van der Waals surface area contributed by atoms with Crippen LogP contribution in [0, 0.1) is 10.1 Å². The van der Waals surface area contributed by atoms with Crippen LogP contribution < -0.4 is 16.4 Å². The standard InChI is InChI=1S/C20H18Cl2N10O2/c21-11-3-4-12(14(22)6-11)18-27-19(20-28-25-9-31(20)29-18)30-5-1-2-10(8-30)13-7-15(23)26-17(24)16(13)32(33)34/h3-4,6-7,9-10H,1-2,5,8H2,(H4,23,24,26). The average molecular weight is 501 g/mol. The highest BCUT2D eigenvalue weighted by molar-refractivity contribution is 6.36. The van der Waals surface area contributed by atoms with Crippen molar-refractivity contribution >= 4 is 52.0 Å². The lowest BCUT2D eigenvalue weighted by Crippen LogP contribution is -2.36. The Morgan fingerprint density at radius 1 is 1.18 bits per heavy atom. The summed E-state index contributed by atoms with van der Waals surface area (Å²) in [5.74, 6) is 0.628. The molecule has 1 aliphatic heterocycles. The van der Waals surface area contributed by atoms with Gasteiger partial charge in [0.2, 0.25) is 11.5 Å². The SMILES string of the molecule is Nc1cc(C2CCCN(c3nc(-c4ccc(Cl)cc4Cl)nn4cnnc34)C2)c([N+](=O)[O-])c(N)n1. The molecule has 1 aliphatic rings. The van der Waals surface area contributed by atoms with E-state index < -0.39 is 4.92 Å². The molecule has 12 nitrogen and oxygen atoms in total. The second-order valence-corrected chi connectivity index (χ2v) is 8.74. The maximum atomic E-state index is 11.7. The zero-order valence-corrected chi connectivity index (χ0v) is 19.1. The van der Waals surface area contributed by atoms with Crippen LogP contribution in [0.25, 0.3) is 17.0 Å². The molecule has 0 saturated carbocycles. The normalized spacial score (nSPS) is 16.2. The van der Waals surface area contributed by atoms with Crippen molar-refractivity contribution in [2.75, 3.05) is 29.5 Å².